The molecule has 2 nitrogen and oxygen atoms in total. The largest absolute Gasteiger partial charge is 0.393 e. The van der Waals surface area contributed by atoms with Crippen molar-refractivity contribution in [2.75, 3.05) is 13.6 Å². The van der Waals surface area contributed by atoms with Crippen LogP contribution in [-0.4, -0.2) is 35.9 Å². The molecule has 0 aliphatic carbocycles. The van der Waals surface area contributed by atoms with Gasteiger partial charge in [0.15, 0.2) is 0 Å². The Morgan fingerprint density at radius 2 is 2.08 bits per heavy atom. The smallest absolute Gasteiger partial charge is 0.251 e. The third-order valence-electron chi connectivity index (χ3n) is 1.96. The molecule has 0 aromatic heterocycles. The Balaban J connectivity index is 3.98. The predicted molar refractivity (Wildman–Crippen MR) is 54.1 cm³/mol. The Hall–Kier alpha value is -0.290. The first-order valence-corrected chi connectivity index (χ1v) is 4.64. The normalized spacial score (nSPS) is 13.7. The average Bonchev–Trinajstić information content (AvgIpc) is 1.98. The van der Waals surface area contributed by atoms with Crippen molar-refractivity contribution in [3.8, 4) is 0 Å². The lowest BCUT2D eigenvalue weighted by Crippen LogP contribution is -2.37. The van der Waals surface area contributed by atoms with Gasteiger partial charge in [-0.25, -0.2) is 8.78 Å². The van der Waals surface area contributed by atoms with E-state index in [0.717, 1.165) is 6.42 Å². The average molecular weight is 210 g/mol. The van der Waals surface area contributed by atoms with Gasteiger partial charge in [-0.15, -0.1) is 0 Å². The number of halogens is 2. The molecule has 1 atom stereocenters. The van der Waals surface area contributed by atoms with Gasteiger partial charge in [-0.05, 0) is 13.5 Å². The molecule has 0 heterocycles. The van der Waals surface area contributed by atoms with Crippen LogP contribution in [0.25, 0.3) is 0 Å². The SMILES string of the molecule is CCC(CC(N)=S)N(C)CC(F)F. The maximum Gasteiger partial charge on any atom is 0.251 e. The second kappa shape index (κ2) is 6.21. The highest BCUT2D eigenvalue weighted by atomic mass is 32.1. The van der Waals surface area contributed by atoms with Crippen LogP contribution in [0.15, 0.2) is 0 Å². The van der Waals surface area contributed by atoms with Crippen LogP contribution in [0.4, 0.5) is 8.78 Å². The third kappa shape index (κ3) is 5.87. The summed E-state index contributed by atoms with van der Waals surface area (Å²) in [5.41, 5.74) is 5.35. The van der Waals surface area contributed by atoms with Crippen molar-refractivity contribution in [3.05, 3.63) is 0 Å². The molecule has 13 heavy (non-hydrogen) atoms. The molecule has 0 rings (SSSR count). The Labute approximate surface area is 83.1 Å². The molecule has 0 radical (unpaired) electrons. The summed E-state index contributed by atoms with van der Waals surface area (Å²) in [7, 11) is 1.67. The highest BCUT2D eigenvalue weighted by molar-refractivity contribution is 7.80. The molecule has 1 unspecified atom stereocenters. The van der Waals surface area contributed by atoms with Gasteiger partial charge in [0.25, 0.3) is 6.43 Å². The molecule has 0 fully saturated rings. The summed E-state index contributed by atoms with van der Waals surface area (Å²) in [6, 6.07) is 0.0338. The molecular weight excluding hydrogens is 194 g/mol. The van der Waals surface area contributed by atoms with Crippen LogP contribution < -0.4 is 5.73 Å². The van der Waals surface area contributed by atoms with Crippen LogP contribution in [0.1, 0.15) is 19.8 Å². The fourth-order valence-electron chi connectivity index (χ4n) is 1.21. The molecule has 2 N–H and O–H groups in total. The third-order valence-corrected chi connectivity index (χ3v) is 2.12. The number of hydrogen-bond acceptors (Lipinski definition) is 2. The van der Waals surface area contributed by atoms with Crippen LogP contribution in [0.5, 0.6) is 0 Å². The summed E-state index contributed by atoms with van der Waals surface area (Å²) in [6.07, 6.45) is -1.01. The van der Waals surface area contributed by atoms with Crippen molar-refractivity contribution in [1.82, 2.24) is 4.90 Å². The topological polar surface area (TPSA) is 29.3 Å². The Morgan fingerprint density at radius 3 is 2.38 bits per heavy atom. The standard InChI is InChI=1S/C8H16F2N2S/c1-3-6(4-8(11)13)12(2)5-7(9)10/h6-7H,3-5H2,1-2H3,(H2,11,13). The van der Waals surface area contributed by atoms with Gasteiger partial charge in [0, 0.05) is 12.5 Å². The zero-order valence-corrected chi connectivity index (χ0v) is 8.78. The van der Waals surface area contributed by atoms with E-state index in [1.54, 1.807) is 11.9 Å². The highest BCUT2D eigenvalue weighted by Gasteiger charge is 2.16. The molecule has 0 aliphatic heterocycles. The van der Waals surface area contributed by atoms with Crippen molar-refractivity contribution in [1.29, 1.82) is 0 Å². The number of rotatable bonds is 6. The minimum Gasteiger partial charge on any atom is -0.393 e. The minimum absolute atomic E-state index is 0.0338. The number of nitrogens with zero attached hydrogens (tertiary/aromatic N) is 1. The summed E-state index contributed by atoms with van der Waals surface area (Å²) in [6.45, 7) is 1.71. The van der Waals surface area contributed by atoms with Crippen molar-refractivity contribution >= 4 is 17.2 Å². The zero-order chi connectivity index (χ0) is 10.4. The summed E-state index contributed by atoms with van der Waals surface area (Å²) >= 11 is 4.73. The molecule has 0 aromatic rings. The molecule has 0 saturated heterocycles. The monoisotopic (exact) mass is 210 g/mol. The summed E-state index contributed by atoms with van der Waals surface area (Å²) < 4.78 is 24.0. The summed E-state index contributed by atoms with van der Waals surface area (Å²) in [5.74, 6) is 0. The van der Waals surface area contributed by atoms with Gasteiger partial charge in [0.1, 0.15) is 0 Å². The zero-order valence-electron chi connectivity index (χ0n) is 7.96. The van der Waals surface area contributed by atoms with Crippen LogP contribution in [0.3, 0.4) is 0 Å². The second-order valence-electron chi connectivity index (χ2n) is 3.06. The van der Waals surface area contributed by atoms with Crippen molar-refractivity contribution in [2.24, 2.45) is 5.73 Å². The van der Waals surface area contributed by atoms with Crippen LogP contribution in [0, 0.1) is 0 Å². The Bertz CT molecular complexity index is 164. The van der Waals surface area contributed by atoms with Gasteiger partial charge in [0.05, 0.1) is 11.5 Å². The molecular formula is C8H16F2N2S. The van der Waals surface area contributed by atoms with Gasteiger partial charge in [0.2, 0.25) is 0 Å². The summed E-state index contributed by atoms with van der Waals surface area (Å²) in [5, 5.41) is 0. The van der Waals surface area contributed by atoms with E-state index in [1.807, 2.05) is 6.92 Å². The number of hydrogen-bond donors (Lipinski definition) is 1. The van der Waals surface area contributed by atoms with Gasteiger partial charge in [-0.1, -0.05) is 19.1 Å². The summed E-state index contributed by atoms with van der Waals surface area (Å²) in [4.78, 5) is 1.98. The molecule has 0 aromatic carbocycles. The van der Waals surface area contributed by atoms with E-state index >= 15 is 0 Å². The lowest BCUT2D eigenvalue weighted by atomic mass is 10.1. The molecule has 0 spiro atoms. The van der Waals surface area contributed by atoms with E-state index in [4.69, 9.17) is 18.0 Å². The van der Waals surface area contributed by atoms with E-state index in [0.29, 0.717) is 11.4 Å². The van der Waals surface area contributed by atoms with E-state index in [1.165, 1.54) is 0 Å². The van der Waals surface area contributed by atoms with E-state index < -0.39 is 6.43 Å². The van der Waals surface area contributed by atoms with Crippen LogP contribution in [0.2, 0.25) is 0 Å². The van der Waals surface area contributed by atoms with Crippen LogP contribution >= 0.6 is 12.2 Å². The molecule has 0 aliphatic rings. The van der Waals surface area contributed by atoms with Gasteiger partial charge in [-0.3, -0.25) is 4.90 Å². The first-order chi connectivity index (χ1) is 5.97. The van der Waals surface area contributed by atoms with Crippen molar-refractivity contribution in [3.63, 3.8) is 0 Å². The lowest BCUT2D eigenvalue weighted by Gasteiger charge is -2.26. The maximum atomic E-state index is 12.0. The van der Waals surface area contributed by atoms with Crippen molar-refractivity contribution in [2.45, 2.75) is 32.2 Å². The molecule has 0 bridgehead atoms. The Kier molecular flexibility index (Phi) is 6.07. The minimum atomic E-state index is -2.30. The maximum absolute atomic E-state index is 12.0. The van der Waals surface area contributed by atoms with E-state index in [-0.39, 0.29) is 12.6 Å². The lowest BCUT2D eigenvalue weighted by molar-refractivity contribution is 0.0811. The first kappa shape index (κ1) is 12.7. The first-order valence-electron chi connectivity index (χ1n) is 4.24. The Morgan fingerprint density at radius 1 is 1.54 bits per heavy atom. The number of nitrogens with two attached hydrogens (primary N) is 1. The van der Waals surface area contributed by atoms with Gasteiger partial charge < -0.3 is 5.73 Å². The van der Waals surface area contributed by atoms with Crippen LogP contribution in [-0.2, 0) is 0 Å². The fourth-order valence-corrected chi connectivity index (χ4v) is 1.40. The highest BCUT2D eigenvalue weighted by Crippen LogP contribution is 2.08. The fraction of sp³-hybridized carbons (Fsp3) is 0.875. The number of thiocarbonyl (C=S) groups is 1. The predicted octanol–water partition coefficient (Wildman–Crippen LogP) is 1.64. The molecule has 0 amide bonds. The quantitative estimate of drug-likeness (QED) is 0.676. The van der Waals surface area contributed by atoms with Gasteiger partial charge in [-0.2, -0.15) is 0 Å². The van der Waals surface area contributed by atoms with Crippen molar-refractivity contribution < 1.29 is 8.78 Å². The van der Waals surface area contributed by atoms with E-state index in [9.17, 15) is 8.78 Å². The van der Waals surface area contributed by atoms with E-state index in [2.05, 4.69) is 0 Å². The molecule has 5 heteroatoms. The number of alkyl halides is 2. The molecule has 0 saturated carbocycles. The second-order valence-corrected chi connectivity index (χ2v) is 3.59. The van der Waals surface area contributed by atoms with Gasteiger partial charge >= 0.3 is 0 Å². The molecule has 78 valence electrons.